The summed E-state index contributed by atoms with van der Waals surface area (Å²) in [6, 6.07) is 0.319. The standard InChI is InChI=1S/C11H13BrN6OS/c12-9-5-14-11(20-9)15-10(19)8-6-18(17-16-8)7-1-3-13-4-2-7/h5-7,13H,1-4H2,(H,14,15,19). The summed E-state index contributed by atoms with van der Waals surface area (Å²) in [6.07, 6.45) is 5.35. The van der Waals surface area contributed by atoms with Gasteiger partial charge in [0.05, 0.1) is 22.2 Å². The molecule has 1 aliphatic rings. The van der Waals surface area contributed by atoms with E-state index in [0.29, 0.717) is 16.9 Å². The first-order valence-corrected chi connectivity index (χ1v) is 7.88. The molecular formula is C11H13BrN6OS. The van der Waals surface area contributed by atoms with Gasteiger partial charge in [0.1, 0.15) is 0 Å². The number of aromatic nitrogens is 4. The third-order valence-corrected chi connectivity index (χ3v) is 4.52. The molecule has 2 aromatic rings. The second-order valence-corrected chi connectivity index (χ2v) is 6.90. The van der Waals surface area contributed by atoms with Crippen LogP contribution in [0.3, 0.4) is 0 Å². The number of hydrogen-bond donors (Lipinski definition) is 2. The van der Waals surface area contributed by atoms with Crippen LogP contribution in [0.2, 0.25) is 0 Å². The zero-order valence-corrected chi connectivity index (χ0v) is 12.9. The Bertz CT molecular complexity index is 606. The Balaban J connectivity index is 1.67. The van der Waals surface area contributed by atoms with Crippen LogP contribution in [0.1, 0.15) is 29.4 Å². The van der Waals surface area contributed by atoms with E-state index >= 15 is 0 Å². The van der Waals surface area contributed by atoms with Crippen molar-refractivity contribution in [2.75, 3.05) is 18.4 Å². The molecule has 2 N–H and O–H groups in total. The highest BCUT2D eigenvalue weighted by atomic mass is 79.9. The highest BCUT2D eigenvalue weighted by molar-refractivity contribution is 9.11. The molecule has 0 bridgehead atoms. The lowest BCUT2D eigenvalue weighted by molar-refractivity contribution is 0.102. The van der Waals surface area contributed by atoms with Gasteiger partial charge < -0.3 is 5.32 Å². The molecule has 0 aliphatic carbocycles. The molecule has 20 heavy (non-hydrogen) atoms. The number of thiazole rings is 1. The average Bonchev–Trinajstić information content (AvgIpc) is 3.09. The van der Waals surface area contributed by atoms with Crippen molar-refractivity contribution >= 4 is 38.3 Å². The fourth-order valence-electron chi connectivity index (χ4n) is 2.10. The van der Waals surface area contributed by atoms with Gasteiger partial charge in [-0.3, -0.25) is 10.1 Å². The highest BCUT2D eigenvalue weighted by Crippen LogP contribution is 2.23. The summed E-state index contributed by atoms with van der Waals surface area (Å²) >= 11 is 4.66. The van der Waals surface area contributed by atoms with Crippen LogP contribution < -0.4 is 10.6 Å². The first-order valence-electron chi connectivity index (χ1n) is 6.27. The van der Waals surface area contributed by atoms with Crippen molar-refractivity contribution < 1.29 is 4.79 Å². The van der Waals surface area contributed by atoms with Crippen molar-refractivity contribution in [2.45, 2.75) is 18.9 Å². The molecule has 3 rings (SSSR count). The van der Waals surface area contributed by atoms with Crippen molar-refractivity contribution in [3.63, 3.8) is 0 Å². The van der Waals surface area contributed by atoms with Crippen LogP contribution in [0.4, 0.5) is 5.13 Å². The molecule has 1 saturated heterocycles. The number of piperidine rings is 1. The Kier molecular flexibility index (Phi) is 4.08. The summed E-state index contributed by atoms with van der Waals surface area (Å²) in [5.41, 5.74) is 0.315. The molecule has 0 aromatic carbocycles. The van der Waals surface area contributed by atoms with E-state index in [0.717, 1.165) is 29.7 Å². The monoisotopic (exact) mass is 356 g/mol. The van der Waals surface area contributed by atoms with E-state index in [9.17, 15) is 4.79 Å². The molecule has 0 spiro atoms. The number of amides is 1. The maximum atomic E-state index is 12.0. The van der Waals surface area contributed by atoms with Gasteiger partial charge in [0.15, 0.2) is 10.8 Å². The summed E-state index contributed by atoms with van der Waals surface area (Å²) in [6.45, 7) is 1.94. The Hall–Kier alpha value is -1.32. The van der Waals surface area contributed by atoms with Gasteiger partial charge in [-0.05, 0) is 41.9 Å². The number of hydrogen-bond acceptors (Lipinski definition) is 6. The van der Waals surface area contributed by atoms with E-state index in [2.05, 4.69) is 41.9 Å². The van der Waals surface area contributed by atoms with E-state index in [1.54, 1.807) is 17.1 Å². The molecule has 0 atom stereocenters. The number of nitrogens with one attached hydrogen (secondary N) is 2. The zero-order chi connectivity index (χ0) is 13.9. The topological polar surface area (TPSA) is 84.7 Å². The van der Waals surface area contributed by atoms with Gasteiger partial charge in [0.2, 0.25) is 0 Å². The molecule has 7 nitrogen and oxygen atoms in total. The average molecular weight is 357 g/mol. The number of carbonyl (C=O) groups excluding carboxylic acids is 1. The minimum Gasteiger partial charge on any atom is -0.317 e. The SMILES string of the molecule is O=C(Nc1ncc(Br)s1)c1cn(C2CCNCC2)nn1. The lowest BCUT2D eigenvalue weighted by atomic mass is 10.1. The molecule has 2 aromatic heterocycles. The van der Waals surface area contributed by atoms with E-state index in [4.69, 9.17) is 0 Å². The van der Waals surface area contributed by atoms with Gasteiger partial charge >= 0.3 is 0 Å². The van der Waals surface area contributed by atoms with Crippen molar-refractivity contribution in [3.8, 4) is 0 Å². The molecule has 0 unspecified atom stereocenters. The highest BCUT2D eigenvalue weighted by Gasteiger charge is 2.19. The van der Waals surface area contributed by atoms with Crippen molar-refractivity contribution in [3.05, 3.63) is 21.9 Å². The first-order chi connectivity index (χ1) is 9.72. The summed E-state index contributed by atoms with van der Waals surface area (Å²) in [5, 5.41) is 14.5. The van der Waals surface area contributed by atoms with Crippen molar-refractivity contribution in [1.82, 2.24) is 25.3 Å². The van der Waals surface area contributed by atoms with Crippen LogP contribution in [0, 0.1) is 0 Å². The predicted octanol–water partition coefficient (Wildman–Crippen LogP) is 1.67. The van der Waals surface area contributed by atoms with Gasteiger partial charge in [-0.2, -0.15) is 0 Å². The summed E-state index contributed by atoms with van der Waals surface area (Å²) in [4.78, 5) is 16.1. The first kappa shape index (κ1) is 13.7. The minimum atomic E-state index is -0.285. The number of nitrogens with zero attached hydrogens (tertiary/aromatic N) is 4. The molecule has 9 heteroatoms. The van der Waals surface area contributed by atoms with Crippen LogP contribution in [0.25, 0.3) is 0 Å². The molecule has 1 aliphatic heterocycles. The van der Waals surface area contributed by atoms with E-state index in [1.807, 2.05) is 0 Å². The van der Waals surface area contributed by atoms with E-state index in [1.165, 1.54) is 11.3 Å². The van der Waals surface area contributed by atoms with Crippen LogP contribution in [0.5, 0.6) is 0 Å². The van der Waals surface area contributed by atoms with Gasteiger partial charge in [0, 0.05) is 0 Å². The van der Waals surface area contributed by atoms with Crippen molar-refractivity contribution in [1.29, 1.82) is 0 Å². The van der Waals surface area contributed by atoms with Gasteiger partial charge in [-0.25, -0.2) is 9.67 Å². The molecular weight excluding hydrogens is 344 g/mol. The predicted molar refractivity (Wildman–Crippen MR) is 78.9 cm³/mol. The fourth-order valence-corrected chi connectivity index (χ4v) is 3.21. The smallest absolute Gasteiger partial charge is 0.279 e. The zero-order valence-electron chi connectivity index (χ0n) is 10.5. The lowest BCUT2D eigenvalue weighted by Gasteiger charge is -2.21. The van der Waals surface area contributed by atoms with E-state index < -0.39 is 0 Å². The molecule has 106 valence electrons. The van der Waals surface area contributed by atoms with Crippen molar-refractivity contribution in [2.24, 2.45) is 0 Å². The van der Waals surface area contributed by atoms with Crippen LogP contribution in [-0.4, -0.2) is 39.0 Å². The van der Waals surface area contributed by atoms with Gasteiger partial charge in [-0.15, -0.1) is 5.10 Å². The lowest BCUT2D eigenvalue weighted by Crippen LogP contribution is -2.29. The number of rotatable bonds is 3. The normalized spacial score (nSPS) is 16.2. The Morgan fingerprint density at radius 1 is 1.50 bits per heavy atom. The second-order valence-electron chi connectivity index (χ2n) is 4.49. The second kappa shape index (κ2) is 5.98. The largest absolute Gasteiger partial charge is 0.317 e. The molecule has 1 fully saturated rings. The summed E-state index contributed by atoms with van der Waals surface area (Å²) in [5.74, 6) is -0.285. The molecule has 1 amide bonds. The number of halogens is 1. The third kappa shape index (κ3) is 3.05. The van der Waals surface area contributed by atoms with Gasteiger partial charge in [0.25, 0.3) is 5.91 Å². The Morgan fingerprint density at radius 2 is 2.30 bits per heavy atom. The Morgan fingerprint density at radius 3 is 3.00 bits per heavy atom. The van der Waals surface area contributed by atoms with E-state index in [-0.39, 0.29) is 5.91 Å². The third-order valence-electron chi connectivity index (χ3n) is 3.12. The maximum absolute atomic E-state index is 12.0. The summed E-state index contributed by atoms with van der Waals surface area (Å²) < 4.78 is 2.65. The summed E-state index contributed by atoms with van der Waals surface area (Å²) in [7, 11) is 0. The quantitative estimate of drug-likeness (QED) is 0.873. The molecule has 3 heterocycles. The number of anilines is 1. The maximum Gasteiger partial charge on any atom is 0.279 e. The van der Waals surface area contributed by atoms with Crippen LogP contribution in [0.15, 0.2) is 16.2 Å². The Labute approximate surface area is 127 Å². The molecule has 0 radical (unpaired) electrons. The van der Waals surface area contributed by atoms with Crippen LogP contribution >= 0.6 is 27.3 Å². The number of carbonyl (C=O) groups is 1. The molecule has 0 saturated carbocycles. The van der Waals surface area contributed by atoms with Gasteiger partial charge in [-0.1, -0.05) is 16.6 Å². The van der Waals surface area contributed by atoms with Crippen LogP contribution in [-0.2, 0) is 0 Å². The fraction of sp³-hybridized carbons (Fsp3) is 0.455. The minimum absolute atomic E-state index is 0.285.